The van der Waals surface area contributed by atoms with Crippen molar-refractivity contribution in [2.75, 3.05) is 0 Å². The van der Waals surface area contributed by atoms with E-state index in [9.17, 15) is 0 Å². The average Bonchev–Trinajstić information content (AvgIpc) is 1.76. The molecule has 16 N–H and O–H groups in total. The molecular formula is H17B4KO14. The van der Waals surface area contributed by atoms with Gasteiger partial charge in [0.25, 0.3) is 0 Å². The molecule has 0 aromatic heterocycles. The van der Waals surface area contributed by atoms with Crippen molar-refractivity contribution in [3.8, 4) is 0 Å². The second-order valence-electron chi connectivity index (χ2n) is 1.39. The minimum atomic E-state index is -2.17. The summed E-state index contributed by atoms with van der Waals surface area (Å²) >= 11 is 0. The monoisotopic (exact) mass is 324 g/mol. The topological polar surface area (TPSA) is 306 Å². The molecule has 0 aliphatic rings. The Balaban J connectivity index is -0.0000000192. The van der Waals surface area contributed by atoms with Crippen LogP contribution in [-0.2, 0) is 0 Å². The summed E-state index contributed by atoms with van der Waals surface area (Å²) in [6, 6.07) is 0. The summed E-state index contributed by atoms with van der Waals surface area (Å²) in [6.07, 6.45) is 0. The normalized spacial score (nSPS) is 5.68. The Morgan fingerprint density at radius 3 is 0.316 bits per heavy atom. The van der Waals surface area contributed by atoms with E-state index >= 15 is 0 Å². The zero-order chi connectivity index (χ0) is 14.3. The molecule has 0 radical (unpaired) electrons. The van der Waals surface area contributed by atoms with Gasteiger partial charge in [0.2, 0.25) is 0 Å². The molecule has 0 saturated carbocycles. The van der Waals surface area contributed by atoms with Gasteiger partial charge in [0.15, 0.2) is 0 Å². The first-order chi connectivity index (χ1) is 6.93. The summed E-state index contributed by atoms with van der Waals surface area (Å²) in [5.41, 5.74) is 0. The van der Waals surface area contributed by atoms with Crippen LogP contribution in [0.15, 0.2) is 0 Å². The van der Waals surface area contributed by atoms with Crippen LogP contribution in [0.3, 0.4) is 0 Å². The van der Waals surface area contributed by atoms with Crippen molar-refractivity contribution >= 4 is 80.7 Å². The van der Waals surface area contributed by atoms with Crippen LogP contribution in [0.25, 0.3) is 0 Å². The van der Waals surface area contributed by atoms with Gasteiger partial charge < -0.3 is 71.2 Å². The van der Waals surface area contributed by atoms with Crippen molar-refractivity contribution in [3.05, 3.63) is 0 Å². The molecule has 19 heavy (non-hydrogen) atoms. The van der Waals surface area contributed by atoms with Gasteiger partial charge in [0, 0.05) is 0 Å². The van der Waals surface area contributed by atoms with E-state index < -0.39 is 29.3 Å². The first-order valence-corrected chi connectivity index (χ1v) is 3.10. The summed E-state index contributed by atoms with van der Waals surface area (Å²) in [5.74, 6) is 0. The average molecular weight is 323 g/mol. The first kappa shape index (κ1) is 42.8. The van der Waals surface area contributed by atoms with Crippen LogP contribution >= 0.6 is 0 Å². The van der Waals surface area contributed by atoms with Crippen LogP contribution in [0.1, 0.15) is 0 Å². The van der Waals surface area contributed by atoms with Crippen LogP contribution < -0.4 is 0 Å². The zero-order valence-electron chi connectivity index (χ0n) is 8.68. The van der Waals surface area contributed by atoms with Crippen LogP contribution in [0.2, 0.25) is 0 Å². The third kappa shape index (κ3) is 3260. The molecular weight excluding hydrogens is 306 g/mol. The molecule has 0 aliphatic carbocycles. The van der Waals surface area contributed by atoms with Crippen molar-refractivity contribution in [3.63, 3.8) is 0 Å². The summed E-state index contributed by atoms with van der Waals surface area (Å²) in [6.45, 7) is 0. The molecule has 0 aromatic carbocycles. The second kappa shape index (κ2) is 36.6. The molecule has 0 saturated heterocycles. The maximum atomic E-state index is 7.17. The quantitative estimate of drug-likeness (QED) is 0.185. The van der Waals surface area contributed by atoms with E-state index in [2.05, 4.69) is 0 Å². The summed E-state index contributed by atoms with van der Waals surface area (Å²) in [4.78, 5) is 0. The molecule has 19 heteroatoms. The van der Waals surface area contributed by atoms with Crippen molar-refractivity contribution in [2.24, 2.45) is 0 Å². The standard InChI is InChI=1S/4BH3O3.K.2H2O.H/c4*2-1(3)4;;;;/h4*2-4H;;2*1H2;. The molecule has 0 spiro atoms. The third-order valence-corrected chi connectivity index (χ3v) is 0. The van der Waals surface area contributed by atoms with E-state index in [0.717, 1.165) is 0 Å². The number of hydrogen-bond acceptors (Lipinski definition) is 12. The fourth-order valence-corrected chi connectivity index (χ4v) is 0. The van der Waals surface area contributed by atoms with Gasteiger partial charge in [-0.2, -0.15) is 0 Å². The summed E-state index contributed by atoms with van der Waals surface area (Å²) in [7, 11) is -8.67. The molecule has 0 rings (SSSR count). The van der Waals surface area contributed by atoms with E-state index in [0.29, 0.717) is 0 Å². The Morgan fingerprint density at radius 2 is 0.316 bits per heavy atom. The van der Waals surface area contributed by atoms with Gasteiger partial charge in [-0.1, -0.05) is 0 Å². The molecule has 0 atom stereocenters. The van der Waals surface area contributed by atoms with Gasteiger partial charge in [0.05, 0.1) is 0 Å². The Morgan fingerprint density at radius 1 is 0.316 bits per heavy atom. The molecule has 0 unspecified atom stereocenters. The molecule has 0 bridgehead atoms. The van der Waals surface area contributed by atoms with Gasteiger partial charge in [0.1, 0.15) is 0 Å². The molecule has 0 aliphatic heterocycles. The van der Waals surface area contributed by atoms with E-state index in [-0.39, 0.29) is 62.3 Å². The van der Waals surface area contributed by atoms with Crippen LogP contribution in [0.5, 0.6) is 0 Å². The van der Waals surface area contributed by atoms with Gasteiger partial charge in [-0.25, -0.2) is 0 Å². The summed E-state index contributed by atoms with van der Waals surface area (Å²) < 4.78 is 0. The SMILES string of the molecule is O.O.OB(O)O.OB(O)O.OB(O)O.OB(O)O.[KH]. The molecule has 0 fully saturated rings. The van der Waals surface area contributed by atoms with Crippen LogP contribution in [0, 0.1) is 0 Å². The van der Waals surface area contributed by atoms with E-state index in [1.54, 1.807) is 0 Å². The minimum absolute atomic E-state index is 0. The van der Waals surface area contributed by atoms with Gasteiger partial charge in [-0.05, 0) is 0 Å². The van der Waals surface area contributed by atoms with Gasteiger partial charge in [-0.15, -0.1) is 0 Å². The maximum absolute atomic E-state index is 7.17. The van der Waals surface area contributed by atoms with Crippen molar-refractivity contribution in [1.82, 2.24) is 0 Å². The van der Waals surface area contributed by atoms with Crippen molar-refractivity contribution in [2.45, 2.75) is 0 Å². The predicted molar refractivity (Wildman–Crippen MR) is 64.0 cm³/mol. The van der Waals surface area contributed by atoms with E-state index in [1.165, 1.54) is 0 Å². The van der Waals surface area contributed by atoms with Gasteiger partial charge in [-0.3, -0.25) is 0 Å². The van der Waals surface area contributed by atoms with Crippen LogP contribution in [0.4, 0.5) is 0 Å². The molecule has 0 amide bonds. The fourth-order valence-electron chi connectivity index (χ4n) is 0. The first-order valence-electron chi connectivity index (χ1n) is 3.10. The third-order valence-electron chi connectivity index (χ3n) is 0. The number of rotatable bonds is 0. The second-order valence-corrected chi connectivity index (χ2v) is 1.39. The Labute approximate surface area is 151 Å². The molecule has 14 nitrogen and oxygen atoms in total. The number of hydrogen-bond donors (Lipinski definition) is 12. The van der Waals surface area contributed by atoms with Gasteiger partial charge >= 0.3 is 80.7 Å². The van der Waals surface area contributed by atoms with E-state index in [4.69, 9.17) is 60.3 Å². The van der Waals surface area contributed by atoms with E-state index in [1.807, 2.05) is 0 Å². The van der Waals surface area contributed by atoms with Crippen molar-refractivity contribution < 1.29 is 71.2 Å². The summed E-state index contributed by atoms with van der Waals surface area (Å²) in [5, 5.41) is 86.0. The molecule has 0 heterocycles. The Hall–Kier alpha value is 1.34. The fraction of sp³-hybridized carbons (Fsp3) is 0. The molecule has 0 aromatic rings. The predicted octanol–water partition coefficient (Wildman–Crippen LogP) is -10.5. The Kier molecular flexibility index (Phi) is 82.2. The van der Waals surface area contributed by atoms with Crippen molar-refractivity contribution in [1.29, 1.82) is 0 Å². The van der Waals surface area contributed by atoms with Crippen LogP contribution in [-0.4, -0.2) is 152 Å². The molecule has 114 valence electrons. The Bertz CT molecular complexity index is 62.4. The zero-order valence-corrected chi connectivity index (χ0v) is 8.68.